The highest BCUT2D eigenvalue weighted by Gasteiger charge is 2.15. The maximum absolute atomic E-state index is 12.0. The van der Waals surface area contributed by atoms with E-state index in [1.165, 1.54) is 0 Å². The van der Waals surface area contributed by atoms with Gasteiger partial charge in [0.1, 0.15) is 5.75 Å². The number of hydrogen-bond donors (Lipinski definition) is 1. The fraction of sp³-hybridized carbons (Fsp3) is 0.533. The molecule has 1 fully saturated rings. The topological polar surface area (TPSA) is 41.6 Å². The quantitative estimate of drug-likeness (QED) is 0.928. The van der Waals surface area contributed by atoms with Crippen molar-refractivity contribution in [1.82, 2.24) is 10.2 Å². The number of hydrogen-bond acceptors (Lipinski definition) is 3. The van der Waals surface area contributed by atoms with Crippen LogP contribution in [-0.2, 0) is 6.54 Å². The minimum Gasteiger partial charge on any atom is -0.491 e. The van der Waals surface area contributed by atoms with E-state index in [9.17, 15) is 4.79 Å². The molecule has 0 aliphatic carbocycles. The Bertz CT molecular complexity index is 445. The number of carbonyl (C=O) groups excluding carboxylic acids is 1. The van der Waals surface area contributed by atoms with E-state index in [4.69, 9.17) is 4.74 Å². The van der Waals surface area contributed by atoms with Gasteiger partial charge in [0.2, 0.25) is 0 Å². The predicted molar refractivity (Wildman–Crippen MR) is 83.3 cm³/mol. The average Bonchev–Trinajstić information content (AvgIpc) is 2.45. The fourth-order valence-corrected chi connectivity index (χ4v) is 2.96. The van der Waals surface area contributed by atoms with Gasteiger partial charge in [-0.3, -0.25) is 0 Å². The van der Waals surface area contributed by atoms with E-state index in [1.807, 2.05) is 54.8 Å². The summed E-state index contributed by atoms with van der Waals surface area (Å²) >= 11 is 1.90. The Morgan fingerprint density at radius 1 is 1.40 bits per heavy atom. The van der Waals surface area contributed by atoms with Crippen molar-refractivity contribution in [1.29, 1.82) is 0 Å². The lowest BCUT2D eigenvalue weighted by molar-refractivity contribution is 0.202. The maximum atomic E-state index is 12.0. The Balaban J connectivity index is 1.85. The van der Waals surface area contributed by atoms with Gasteiger partial charge in [-0.15, -0.1) is 0 Å². The smallest absolute Gasteiger partial charge is 0.317 e. The van der Waals surface area contributed by atoms with Gasteiger partial charge in [0, 0.05) is 31.1 Å². The summed E-state index contributed by atoms with van der Waals surface area (Å²) in [4.78, 5) is 13.9. The molecule has 0 saturated carbocycles. The second-order valence-electron chi connectivity index (χ2n) is 5.07. The molecule has 110 valence electrons. The van der Waals surface area contributed by atoms with Crippen molar-refractivity contribution >= 4 is 17.8 Å². The molecule has 2 amide bonds. The molecule has 1 saturated heterocycles. The van der Waals surface area contributed by atoms with Gasteiger partial charge in [-0.2, -0.15) is 11.8 Å². The zero-order chi connectivity index (χ0) is 14.4. The van der Waals surface area contributed by atoms with Crippen LogP contribution in [-0.4, -0.2) is 41.6 Å². The van der Waals surface area contributed by atoms with Gasteiger partial charge >= 0.3 is 6.03 Å². The maximum Gasteiger partial charge on any atom is 0.317 e. The van der Waals surface area contributed by atoms with Crippen LogP contribution in [0.15, 0.2) is 24.3 Å². The van der Waals surface area contributed by atoms with Gasteiger partial charge in [-0.1, -0.05) is 12.1 Å². The summed E-state index contributed by atoms with van der Waals surface area (Å²) in [6.07, 6.45) is 0.158. The van der Waals surface area contributed by atoms with Gasteiger partial charge in [0.25, 0.3) is 0 Å². The summed E-state index contributed by atoms with van der Waals surface area (Å²) < 4.78 is 5.65. The summed E-state index contributed by atoms with van der Waals surface area (Å²) in [5.41, 5.74) is 1.06. The van der Waals surface area contributed by atoms with Crippen LogP contribution in [0.1, 0.15) is 19.4 Å². The van der Waals surface area contributed by atoms with Gasteiger partial charge < -0.3 is 15.0 Å². The Kier molecular flexibility index (Phi) is 5.59. The van der Waals surface area contributed by atoms with Crippen LogP contribution in [0, 0.1) is 0 Å². The number of nitrogens with one attached hydrogen (secondary N) is 1. The molecular weight excluding hydrogens is 272 g/mol. The third kappa shape index (κ3) is 4.63. The summed E-state index contributed by atoms with van der Waals surface area (Å²) in [5.74, 6) is 2.91. The Labute approximate surface area is 124 Å². The standard InChI is InChI=1S/C15H22N2O2S/c1-12(2)19-14-5-3-4-13(10-14)11-16-15(18)17-6-8-20-9-7-17/h3-5,10,12H,6-9,11H2,1-2H3,(H,16,18). The third-order valence-electron chi connectivity index (χ3n) is 3.01. The first kappa shape index (κ1) is 15.0. The molecule has 1 aliphatic heterocycles. The summed E-state index contributed by atoms with van der Waals surface area (Å²) in [6.45, 7) is 6.23. The molecule has 2 rings (SSSR count). The van der Waals surface area contributed by atoms with Crippen LogP contribution >= 0.6 is 11.8 Å². The molecule has 20 heavy (non-hydrogen) atoms. The fourth-order valence-electron chi connectivity index (χ4n) is 2.06. The molecule has 1 aliphatic rings. The number of nitrogens with zero attached hydrogens (tertiary/aromatic N) is 1. The van der Waals surface area contributed by atoms with Crippen molar-refractivity contribution in [3.8, 4) is 5.75 Å². The summed E-state index contributed by atoms with van der Waals surface area (Å²) in [5, 5.41) is 2.97. The van der Waals surface area contributed by atoms with E-state index in [-0.39, 0.29) is 12.1 Å². The number of carbonyl (C=O) groups is 1. The van der Waals surface area contributed by atoms with Gasteiger partial charge in [-0.05, 0) is 31.5 Å². The van der Waals surface area contributed by atoms with Crippen LogP contribution in [0.2, 0.25) is 0 Å². The lowest BCUT2D eigenvalue weighted by Crippen LogP contribution is -2.44. The van der Waals surface area contributed by atoms with Gasteiger partial charge in [0.05, 0.1) is 6.10 Å². The molecule has 0 bridgehead atoms. The number of amides is 2. The largest absolute Gasteiger partial charge is 0.491 e. The van der Waals surface area contributed by atoms with E-state index >= 15 is 0 Å². The molecule has 5 heteroatoms. The van der Waals surface area contributed by atoms with Crippen LogP contribution in [0.25, 0.3) is 0 Å². The van der Waals surface area contributed by atoms with Crippen LogP contribution in [0.4, 0.5) is 4.79 Å². The molecule has 4 nitrogen and oxygen atoms in total. The zero-order valence-corrected chi connectivity index (χ0v) is 12.9. The lowest BCUT2D eigenvalue weighted by Gasteiger charge is -2.26. The zero-order valence-electron chi connectivity index (χ0n) is 12.1. The minimum absolute atomic E-state index is 0.0282. The second kappa shape index (κ2) is 7.43. The molecule has 0 aromatic heterocycles. The Hall–Kier alpha value is -1.36. The van der Waals surface area contributed by atoms with Crippen molar-refractivity contribution in [2.45, 2.75) is 26.5 Å². The van der Waals surface area contributed by atoms with Crippen LogP contribution < -0.4 is 10.1 Å². The first-order chi connectivity index (χ1) is 9.65. The third-order valence-corrected chi connectivity index (χ3v) is 3.95. The SMILES string of the molecule is CC(C)Oc1cccc(CNC(=O)N2CCSCC2)c1. The second-order valence-corrected chi connectivity index (χ2v) is 6.30. The Morgan fingerprint density at radius 2 is 2.15 bits per heavy atom. The van der Waals surface area contributed by atoms with E-state index in [1.54, 1.807) is 0 Å². The van der Waals surface area contributed by atoms with Crippen LogP contribution in [0.5, 0.6) is 5.75 Å². The summed E-state index contributed by atoms with van der Waals surface area (Å²) in [6, 6.07) is 7.90. The van der Waals surface area contributed by atoms with Crippen LogP contribution in [0.3, 0.4) is 0 Å². The number of thioether (sulfide) groups is 1. The monoisotopic (exact) mass is 294 g/mol. The highest BCUT2D eigenvalue weighted by atomic mass is 32.2. The molecule has 1 heterocycles. The first-order valence-electron chi connectivity index (χ1n) is 7.01. The predicted octanol–water partition coefficient (Wildman–Crippen LogP) is 2.73. The molecule has 1 N–H and O–H groups in total. The van der Waals surface area contributed by atoms with Crippen molar-refractivity contribution in [2.75, 3.05) is 24.6 Å². The van der Waals surface area contributed by atoms with Crippen molar-refractivity contribution in [3.63, 3.8) is 0 Å². The van der Waals surface area contributed by atoms with Crippen molar-refractivity contribution in [2.24, 2.45) is 0 Å². The first-order valence-corrected chi connectivity index (χ1v) is 8.17. The molecule has 0 atom stereocenters. The molecule has 0 radical (unpaired) electrons. The van der Waals surface area contributed by atoms with E-state index in [2.05, 4.69) is 5.32 Å². The average molecular weight is 294 g/mol. The van der Waals surface area contributed by atoms with E-state index in [0.29, 0.717) is 6.54 Å². The van der Waals surface area contributed by atoms with E-state index < -0.39 is 0 Å². The number of rotatable bonds is 4. The van der Waals surface area contributed by atoms with E-state index in [0.717, 1.165) is 35.9 Å². The minimum atomic E-state index is 0.0282. The molecule has 1 aromatic carbocycles. The van der Waals surface area contributed by atoms with Gasteiger partial charge in [0.15, 0.2) is 0 Å². The summed E-state index contributed by atoms with van der Waals surface area (Å²) in [7, 11) is 0. The Morgan fingerprint density at radius 3 is 2.85 bits per heavy atom. The molecule has 1 aromatic rings. The molecule has 0 spiro atoms. The molecule has 0 unspecified atom stereocenters. The normalized spacial score (nSPS) is 15.2. The number of ether oxygens (including phenoxy) is 1. The highest BCUT2D eigenvalue weighted by Crippen LogP contribution is 2.15. The van der Waals surface area contributed by atoms with Gasteiger partial charge in [-0.25, -0.2) is 4.79 Å². The highest BCUT2D eigenvalue weighted by molar-refractivity contribution is 7.99. The van der Waals surface area contributed by atoms with Crippen molar-refractivity contribution in [3.05, 3.63) is 29.8 Å². The number of urea groups is 1. The molecular formula is C15H22N2O2S. The van der Waals surface area contributed by atoms with Crippen molar-refractivity contribution < 1.29 is 9.53 Å². The number of benzene rings is 1. The lowest BCUT2D eigenvalue weighted by atomic mass is 10.2.